The van der Waals surface area contributed by atoms with Crippen LogP contribution < -0.4 is 5.32 Å². The van der Waals surface area contributed by atoms with Crippen molar-refractivity contribution >= 4 is 27.7 Å². The minimum Gasteiger partial charge on any atom is -0.335 e. The minimum atomic E-state index is -3.61. The van der Waals surface area contributed by atoms with E-state index < -0.39 is 16.1 Å². The van der Waals surface area contributed by atoms with Crippen molar-refractivity contribution in [1.29, 1.82) is 0 Å². The summed E-state index contributed by atoms with van der Waals surface area (Å²) in [6, 6.07) is -0.805. The lowest BCUT2D eigenvalue weighted by molar-refractivity contribution is -0.0257. The summed E-state index contributed by atoms with van der Waals surface area (Å²) >= 11 is 5.35. The number of sulfonamides is 1. The van der Waals surface area contributed by atoms with Gasteiger partial charge in [0.15, 0.2) is 0 Å². The van der Waals surface area contributed by atoms with Crippen molar-refractivity contribution in [3.8, 4) is 0 Å². The zero-order chi connectivity index (χ0) is 14.2. The summed E-state index contributed by atoms with van der Waals surface area (Å²) in [6.07, 6.45) is 0. The summed E-state index contributed by atoms with van der Waals surface area (Å²) in [4.78, 5) is 26.1. The van der Waals surface area contributed by atoms with Gasteiger partial charge in [0.2, 0.25) is 10.0 Å². The van der Waals surface area contributed by atoms with Gasteiger partial charge in [0, 0.05) is 19.5 Å². The molecular formula is C7H15ClN4O5S. The first-order valence-corrected chi connectivity index (χ1v) is 6.98. The Morgan fingerprint density at radius 2 is 2.11 bits per heavy atom. The number of carbonyl (C=O) groups excluding carboxylic acids is 1. The van der Waals surface area contributed by atoms with Gasteiger partial charge in [-0.1, -0.05) is 4.47 Å². The average molecular weight is 303 g/mol. The highest BCUT2D eigenvalue weighted by atomic mass is 35.5. The average Bonchev–Trinajstić information content (AvgIpc) is 2.34. The summed E-state index contributed by atoms with van der Waals surface area (Å²) in [7, 11) is -1.18. The summed E-state index contributed by atoms with van der Waals surface area (Å²) in [6.45, 7) is -0.231. The second-order valence-electron chi connectivity index (χ2n) is 3.03. The number of hydrogen-bond donors (Lipinski definition) is 1. The summed E-state index contributed by atoms with van der Waals surface area (Å²) < 4.78 is 23.6. The number of hydrogen-bond acceptors (Lipinski definition) is 6. The van der Waals surface area contributed by atoms with Crippen molar-refractivity contribution in [2.45, 2.75) is 0 Å². The van der Waals surface area contributed by atoms with E-state index in [1.165, 1.54) is 14.2 Å². The summed E-state index contributed by atoms with van der Waals surface area (Å²) in [5.74, 6) is -0.319. The monoisotopic (exact) mass is 302 g/mol. The van der Waals surface area contributed by atoms with Gasteiger partial charge in [0.05, 0.1) is 24.7 Å². The van der Waals surface area contributed by atoms with Crippen molar-refractivity contribution in [1.82, 2.24) is 14.8 Å². The van der Waals surface area contributed by atoms with E-state index in [1.807, 2.05) is 0 Å². The van der Waals surface area contributed by atoms with Gasteiger partial charge in [-0.15, -0.1) is 16.5 Å². The van der Waals surface area contributed by atoms with Crippen molar-refractivity contribution in [2.24, 2.45) is 5.29 Å². The second-order valence-corrected chi connectivity index (χ2v) is 5.50. The number of halogens is 1. The molecule has 0 aliphatic heterocycles. The normalized spacial score (nSPS) is 11.3. The number of urea groups is 1. The van der Waals surface area contributed by atoms with Crippen LogP contribution in [0.2, 0.25) is 0 Å². The van der Waals surface area contributed by atoms with Crippen molar-refractivity contribution in [3.05, 3.63) is 4.91 Å². The number of nitroso groups, excluding NO2 is 1. The van der Waals surface area contributed by atoms with Crippen LogP contribution in [0, 0.1) is 4.91 Å². The Morgan fingerprint density at radius 1 is 1.50 bits per heavy atom. The predicted molar refractivity (Wildman–Crippen MR) is 65.2 cm³/mol. The maximum absolute atomic E-state index is 11.4. The molecule has 0 saturated carbocycles. The molecule has 0 fully saturated rings. The third kappa shape index (κ3) is 5.58. The van der Waals surface area contributed by atoms with Crippen LogP contribution in [-0.4, -0.2) is 62.8 Å². The number of amides is 2. The lowest BCUT2D eigenvalue weighted by atomic mass is 10.6. The highest BCUT2D eigenvalue weighted by molar-refractivity contribution is 7.88. The minimum absolute atomic E-state index is 0.0455. The first-order valence-electron chi connectivity index (χ1n) is 4.84. The molecule has 0 aliphatic carbocycles. The lowest BCUT2D eigenvalue weighted by Crippen LogP contribution is -2.41. The fraction of sp³-hybridized carbons (Fsp3) is 0.857. The molecule has 11 heteroatoms. The third-order valence-corrected chi connectivity index (χ3v) is 3.74. The molecule has 0 unspecified atom stereocenters. The van der Waals surface area contributed by atoms with E-state index in [2.05, 4.69) is 15.4 Å². The first kappa shape index (κ1) is 17.0. The molecule has 0 rings (SSSR count). The first-order chi connectivity index (χ1) is 8.38. The molecule has 0 saturated heterocycles. The largest absolute Gasteiger partial charge is 0.340 e. The zero-order valence-electron chi connectivity index (χ0n) is 10.00. The molecule has 0 aromatic carbocycles. The van der Waals surface area contributed by atoms with Gasteiger partial charge in [-0.05, 0) is 0 Å². The highest BCUT2D eigenvalue weighted by Crippen LogP contribution is 1.97. The topological polar surface area (TPSA) is 108 Å². The number of alkyl halides is 1. The van der Waals surface area contributed by atoms with E-state index in [-0.39, 0.29) is 24.7 Å². The van der Waals surface area contributed by atoms with Crippen LogP contribution in [0.1, 0.15) is 0 Å². The molecule has 0 radical (unpaired) electrons. The summed E-state index contributed by atoms with van der Waals surface area (Å²) in [5, 5.41) is 5.24. The van der Waals surface area contributed by atoms with E-state index in [9.17, 15) is 18.1 Å². The molecule has 0 heterocycles. The Hall–Kier alpha value is -0.970. The Morgan fingerprint density at radius 3 is 2.56 bits per heavy atom. The van der Waals surface area contributed by atoms with Gasteiger partial charge in [-0.2, -0.15) is 5.01 Å². The van der Waals surface area contributed by atoms with Crippen LogP contribution in [0.15, 0.2) is 5.29 Å². The standard InChI is InChI=1S/C7H15ClN4O5S/c1-11(17-2)18(15,16)6-4-9-7(13)12(10-14)5-3-8/h3-6H2,1-2H3,(H,9,13). The smallest absolute Gasteiger partial charge is 0.335 e. The van der Waals surface area contributed by atoms with Gasteiger partial charge in [-0.25, -0.2) is 13.2 Å². The van der Waals surface area contributed by atoms with Crippen LogP contribution >= 0.6 is 11.6 Å². The highest BCUT2D eigenvalue weighted by Gasteiger charge is 2.19. The Kier molecular flexibility index (Phi) is 7.75. The SMILES string of the molecule is CON(C)S(=O)(=O)CCNC(=O)N(CCCl)N=O. The molecule has 1 N–H and O–H groups in total. The zero-order valence-corrected chi connectivity index (χ0v) is 11.6. The molecule has 0 aliphatic rings. The molecule has 0 spiro atoms. The molecule has 0 atom stereocenters. The van der Waals surface area contributed by atoms with E-state index in [0.29, 0.717) is 9.48 Å². The van der Waals surface area contributed by atoms with Crippen molar-refractivity contribution < 1.29 is 18.0 Å². The van der Waals surface area contributed by atoms with Crippen molar-refractivity contribution in [3.63, 3.8) is 0 Å². The van der Waals surface area contributed by atoms with Crippen LogP contribution in [0.3, 0.4) is 0 Å². The maximum atomic E-state index is 11.4. The lowest BCUT2D eigenvalue weighted by Gasteiger charge is -2.15. The maximum Gasteiger partial charge on any atom is 0.340 e. The van der Waals surface area contributed by atoms with Gasteiger partial charge in [0.25, 0.3) is 0 Å². The predicted octanol–water partition coefficient (Wildman–Crippen LogP) is -0.259. The number of nitrogens with one attached hydrogen (secondary N) is 1. The van der Waals surface area contributed by atoms with E-state index in [4.69, 9.17) is 11.6 Å². The number of rotatable bonds is 8. The van der Waals surface area contributed by atoms with Crippen LogP contribution in [0.5, 0.6) is 0 Å². The van der Waals surface area contributed by atoms with Crippen molar-refractivity contribution in [2.75, 3.05) is 38.9 Å². The molecule has 2 amide bonds. The molecule has 106 valence electrons. The molecule has 18 heavy (non-hydrogen) atoms. The fourth-order valence-electron chi connectivity index (χ4n) is 0.880. The third-order valence-electron chi connectivity index (χ3n) is 1.91. The Labute approximate surface area is 110 Å². The van der Waals surface area contributed by atoms with Gasteiger partial charge < -0.3 is 5.32 Å². The number of hydroxylamine groups is 1. The van der Waals surface area contributed by atoms with E-state index in [1.54, 1.807) is 0 Å². The van der Waals surface area contributed by atoms with Crippen LogP contribution in [0.4, 0.5) is 4.79 Å². The molecule has 9 nitrogen and oxygen atoms in total. The summed E-state index contributed by atoms with van der Waals surface area (Å²) in [5.41, 5.74) is 0. The number of carbonyl (C=O) groups is 1. The molecule has 0 aromatic rings. The molecular weight excluding hydrogens is 288 g/mol. The Bertz CT molecular complexity index is 376. The van der Waals surface area contributed by atoms with Gasteiger partial charge in [0.1, 0.15) is 0 Å². The fourth-order valence-corrected chi connectivity index (χ4v) is 1.88. The van der Waals surface area contributed by atoms with Crippen LogP contribution in [-0.2, 0) is 14.9 Å². The van der Waals surface area contributed by atoms with Gasteiger partial charge >= 0.3 is 6.03 Å². The molecule has 0 bridgehead atoms. The Balaban J connectivity index is 4.19. The van der Waals surface area contributed by atoms with E-state index in [0.717, 1.165) is 0 Å². The second kappa shape index (κ2) is 8.19. The quantitative estimate of drug-likeness (QED) is 0.377. The van der Waals surface area contributed by atoms with Gasteiger partial charge in [-0.3, -0.25) is 4.84 Å². The number of nitrogens with zero attached hydrogens (tertiary/aromatic N) is 3. The van der Waals surface area contributed by atoms with Crippen LogP contribution in [0.25, 0.3) is 0 Å². The van der Waals surface area contributed by atoms with E-state index >= 15 is 0 Å². The molecule has 0 aromatic heterocycles.